The summed E-state index contributed by atoms with van der Waals surface area (Å²) in [7, 11) is 0. The molecule has 0 bridgehead atoms. The first-order chi connectivity index (χ1) is 14.4. The Balaban J connectivity index is 1.54. The van der Waals surface area contributed by atoms with Gasteiger partial charge in [-0.1, -0.05) is 56.7 Å². The van der Waals surface area contributed by atoms with Crippen LogP contribution in [-0.4, -0.2) is 30.0 Å². The summed E-state index contributed by atoms with van der Waals surface area (Å²) in [5.74, 6) is -0.213. The van der Waals surface area contributed by atoms with E-state index in [1.807, 2.05) is 19.1 Å². The Bertz CT molecular complexity index is 877. The summed E-state index contributed by atoms with van der Waals surface area (Å²) in [6, 6.07) is 15.0. The van der Waals surface area contributed by atoms with Crippen molar-refractivity contribution in [2.24, 2.45) is 5.92 Å². The van der Waals surface area contributed by atoms with Crippen LogP contribution < -0.4 is 0 Å². The largest absolute Gasteiger partial charge is 0.451 e. The highest BCUT2D eigenvalue weighted by Crippen LogP contribution is 2.47. The van der Waals surface area contributed by atoms with Gasteiger partial charge in [-0.15, -0.1) is 0 Å². The van der Waals surface area contributed by atoms with Gasteiger partial charge >= 0.3 is 5.97 Å². The Labute approximate surface area is 179 Å². The maximum Gasteiger partial charge on any atom is 0.314 e. The molecule has 4 heteroatoms. The minimum absolute atomic E-state index is 0.182. The Morgan fingerprint density at radius 2 is 1.80 bits per heavy atom. The molecule has 0 amide bonds. The second-order valence-electron chi connectivity index (χ2n) is 9.36. The molecule has 2 aliphatic heterocycles. The lowest BCUT2D eigenvalue weighted by molar-refractivity contribution is -0.212. The molecule has 2 saturated heterocycles. The number of carbonyl (C=O) groups is 1. The van der Waals surface area contributed by atoms with Gasteiger partial charge in [0, 0.05) is 6.54 Å². The molecule has 2 aromatic carbocycles. The molecule has 2 heterocycles. The van der Waals surface area contributed by atoms with Gasteiger partial charge in [-0.25, -0.2) is 4.39 Å². The Morgan fingerprint density at radius 3 is 2.43 bits per heavy atom. The van der Waals surface area contributed by atoms with E-state index in [-0.39, 0.29) is 23.7 Å². The van der Waals surface area contributed by atoms with Gasteiger partial charge in [0.2, 0.25) is 0 Å². The number of halogens is 1. The first-order valence-electron chi connectivity index (χ1n) is 11.2. The van der Waals surface area contributed by atoms with Crippen LogP contribution in [0.4, 0.5) is 4.39 Å². The van der Waals surface area contributed by atoms with E-state index < -0.39 is 5.60 Å². The monoisotopic (exact) mass is 409 g/mol. The third kappa shape index (κ3) is 4.02. The van der Waals surface area contributed by atoms with E-state index in [9.17, 15) is 9.18 Å². The van der Waals surface area contributed by atoms with Crippen LogP contribution in [-0.2, 0) is 21.6 Å². The molecule has 2 aliphatic rings. The van der Waals surface area contributed by atoms with Gasteiger partial charge < -0.3 is 4.74 Å². The molecule has 4 rings (SSSR count). The average molecular weight is 410 g/mol. The number of hydrogen-bond acceptors (Lipinski definition) is 3. The van der Waals surface area contributed by atoms with E-state index in [4.69, 9.17) is 4.74 Å². The summed E-state index contributed by atoms with van der Waals surface area (Å²) in [6.45, 7) is 8.05. The van der Waals surface area contributed by atoms with Crippen LogP contribution in [0.2, 0.25) is 0 Å². The van der Waals surface area contributed by atoms with Crippen molar-refractivity contribution in [2.45, 2.75) is 64.0 Å². The number of nitrogens with zero attached hydrogens (tertiary/aromatic N) is 1. The Hall–Kier alpha value is -2.20. The third-order valence-electron chi connectivity index (χ3n) is 6.68. The predicted octanol–water partition coefficient (Wildman–Crippen LogP) is 5.43. The van der Waals surface area contributed by atoms with Crippen molar-refractivity contribution in [3.63, 3.8) is 0 Å². The molecular weight excluding hydrogens is 377 g/mol. The third-order valence-corrected chi connectivity index (χ3v) is 6.68. The van der Waals surface area contributed by atoms with Gasteiger partial charge in [-0.05, 0) is 67.5 Å². The summed E-state index contributed by atoms with van der Waals surface area (Å²) < 4.78 is 19.8. The van der Waals surface area contributed by atoms with E-state index in [1.165, 1.54) is 24.1 Å². The smallest absolute Gasteiger partial charge is 0.314 e. The Morgan fingerprint density at radius 1 is 1.10 bits per heavy atom. The van der Waals surface area contributed by atoms with Crippen molar-refractivity contribution >= 4 is 5.97 Å². The summed E-state index contributed by atoms with van der Waals surface area (Å²) in [5.41, 5.74) is 2.49. The fourth-order valence-electron chi connectivity index (χ4n) is 5.00. The zero-order valence-corrected chi connectivity index (χ0v) is 18.2. The van der Waals surface area contributed by atoms with Crippen molar-refractivity contribution in [3.05, 3.63) is 71.0 Å². The average Bonchev–Trinajstić information content (AvgIpc) is 2.72. The first-order valence-corrected chi connectivity index (χ1v) is 11.2. The molecule has 0 radical (unpaired) electrons. The second kappa shape index (κ2) is 8.50. The van der Waals surface area contributed by atoms with E-state index in [0.717, 1.165) is 36.9 Å². The molecule has 0 N–H and O–H groups in total. The standard InChI is InChI=1S/C26H32FNO2/c1-18(2)16-20-7-9-21(10-8-20)19(3)25(29)30-26(22-11-13-23(27)14-12-22)17-28-15-5-4-6-24(26)28/h7-14,18-19,24H,4-6,15-17H2,1-3H3/t19?,24-,26+/m1/s1. The minimum Gasteiger partial charge on any atom is -0.451 e. The van der Waals surface area contributed by atoms with Gasteiger partial charge in [0.25, 0.3) is 0 Å². The van der Waals surface area contributed by atoms with Gasteiger partial charge in [-0.3, -0.25) is 9.69 Å². The SMILES string of the molecule is CC(C)Cc1ccc(C(C)C(=O)O[C@]2(c3ccc(F)cc3)CN3CCCC[C@@H]32)cc1. The van der Waals surface area contributed by atoms with Crippen molar-refractivity contribution in [1.82, 2.24) is 4.90 Å². The topological polar surface area (TPSA) is 29.5 Å². The van der Waals surface area contributed by atoms with E-state index in [2.05, 4.69) is 30.9 Å². The minimum atomic E-state index is -0.670. The molecule has 0 aromatic heterocycles. The van der Waals surface area contributed by atoms with Crippen LogP contribution >= 0.6 is 0 Å². The van der Waals surface area contributed by atoms with Crippen LogP contribution in [0.25, 0.3) is 0 Å². The molecule has 0 saturated carbocycles. The number of piperidine rings is 1. The van der Waals surface area contributed by atoms with Crippen molar-refractivity contribution < 1.29 is 13.9 Å². The van der Waals surface area contributed by atoms with Crippen molar-refractivity contribution in [2.75, 3.05) is 13.1 Å². The lowest BCUT2D eigenvalue weighted by Gasteiger charge is -2.58. The number of benzene rings is 2. The molecule has 0 spiro atoms. The molecule has 1 unspecified atom stereocenters. The van der Waals surface area contributed by atoms with E-state index in [0.29, 0.717) is 12.5 Å². The van der Waals surface area contributed by atoms with Gasteiger partial charge in [0.15, 0.2) is 5.60 Å². The summed E-state index contributed by atoms with van der Waals surface area (Å²) >= 11 is 0. The highest BCUT2D eigenvalue weighted by Gasteiger charge is 2.57. The van der Waals surface area contributed by atoms with Crippen molar-refractivity contribution in [3.8, 4) is 0 Å². The lowest BCUT2D eigenvalue weighted by Crippen LogP contribution is -2.70. The number of carbonyl (C=O) groups excluding carboxylic acids is 1. The second-order valence-corrected chi connectivity index (χ2v) is 9.36. The van der Waals surface area contributed by atoms with Crippen LogP contribution in [0.3, 0.4) is 0 Å². The van der Waals surface area contributed by atoms with Crippen LogP contribution in [0.15, 0.2) is 48.5 Å². The fourth-order valence-corrected chi connectivity index (χ4v) is 5.00. The van der Waals surface area contributed by atoms with Gasteiger partial charge in [-0.2, -0.15) is 0 Å². The number of hydrogen-bond donors (Lipinski definition) is 0. The molecule has 3 atom stereocenters. The van der Waals surface area contributed by atoms with E-state index in [1.54, 1.807) is 12.1 Å². The number of rotatable bonds is 6. The van der Waals surface area contributed by atoms with Crippen LogP contribution in [0.5, 0.6) is 0 Å². The first kappa shape index (κ1) is 21.0. The number of fused-ring (bicyclic) bond motifs is 1. The zero-order chi connectivity index (χ0) is 21.3. The predicted molar refractivity (Wildman–Crippen MR) is 117 cm³/mol. The highest BCUT2D eigenvalue weighted by atomic mass is 19.1. The van der Waals surface area contributed by atoms with Crippen molar-refractivity contribution in [1.29, 1.82) is 0 Å². The van der Waals surface area contributed by atoms with Crippen LogP contribution in [0.1, 0.15) is 62.6 Å². The highest BCUT2D eigenvalue weighted by molar-refractivity contribution is 5.78. The fraction of sp³-hybridized carbons (Fsp3) is 0.500. The molecule has 3 nitrogen and oxygen atoms in total. The molecule has 160 valence electrons. The quantitative estimate of drug-likeness (QED) is 0.596. The Kier molecular flexibility index (Phi) is 5.97. The number of esters is 1. The maximum absolute atomic E-state index is 13.5. The molecule has 0 aliphatic carbocycles. The maximum atomic E-state index is 13.5. The normalized spacial score (nSPS) is 24.8. The molecule has 2 fully saturated rings. The van der Waals surface area contributed by atoms with E-state index >= 15 is 0 Å². The molecule has 2 aromatic rings. The van der Waals surface area contributed by atoms with Gasteiger partial charge in [0.05, 0.1) is 12.0 Å². The molecule has 30 heavy (non-hydrogen) atoms. The van der Waals surface area contributed by atoms with Crippen LogP contribution in [0, 0.1) is 11.7 Å². The molecular formula is C26H32FNO2. The summed E-state index contributed by atoms with van der Waals surface area (Å²) in [5, 5.41) is 0. The number of ether oxygens (including phenoxy) is 1. The lowest BCUT2D eigenvalue weighted by atomic mass is 9.73. The van der Waals surface area contributed by atoms with Gasteiger partial charge in [0.1, 0.15) is 5.82 Å². The zero-order valence-electron chi connectivity index (χ0n) is 18.2. The summed E-state index contributed by atoms with van der Waals surface area (Å²) in [4.78, 5) is 15.6. The summed E-state index contributed by atoms with van der Waals surface area (Å²) in [6.07, 6.45) is 4.35.